The SMILES string of the molecule is C=C(Oc1nc([N+](=C)C)c2cc(C(F)(F)F)c(Br)c(F)c2n1)[C@@]12CCCN1C[C@H](F)C2. The molecule has 2 fully saturated rings. The van der Waals surface area contributed by atoms with E-state index in [1.165, 1.54) is 11.6 Å². The molecule has 2 atom stereocenters. The first-order valence-corrected chi connectivity index (χ1v) is 10.3. The predicted molar refractivity (Wildman–Crippen MR) is 108 cm³/mol. The summed E-state index contributed by atoms with van der Waals surface area (Å²) >= 11 is 2.68. The third kappa shape index (κ3) is 3.61. The molecule has 2 aliphatic rings. The maximum absolute atomic E-state index is 14.9. The standard InChI is InChI=1S/C20H19BrF5N4O/c1-10(19-5-4-6-30(19)9-11(22)8-19)31-18-27-16-12(17(28-18)29(2)3)7-13(20(24,25)26)14(21)15(16)23/h7,11H,1-2,4-6,8-9H2,3H3/q+1/t11-,19+/m1/s1. The smallest absolute Gasteiger partial charge is 0.408 e. The monoisotopic (exact) mass is 505 g/mol. The topological polar surface area (TPSA) is 41.3 Å². The highest BCUT2D eigenvalue weighted by Gasteiger charge is 2.52. The summed E-state index contributed by atoms with van der Waals surface area (Å²) in [5.41, 5.74) is -2.26. The van der Waals surface area contributed by atoms with Crippen LogP contribution in [0.2, 0.25) is 0 Å². The molecule has 1 aromatic carbocycles. The van der Waals surface area contributed by atoms with Gasteiger partial charge in [-0.3, -0.25) is 4.90 Å². The highest BCUT2D eigenvalue weighted by Crippen LogP contribution is 2.45. The summed E-state index contributed by atoms with van der Waals surface area (Å²) in [7, 11) is 1.45. The Kier molecular flexibility index (Phi) is 5.32. The van der Waals surface area contributed by atoms with Crippen molar-refractivity contribution in [2.45, 2.75) is 37.1 Å². The van der Waals surface area contributed by atoms with Crippen LogP contribution in [0, 0.1) is 5.82 Å². The van der Waals surface area contributed by atoms with Crippen molar-refractivity contribution in [3.8, 4) is 6.01 Å². The zero-order valence-electron chi connectivity index (χ0n) is 16.6. The molecule has 31 heavy (non-hydrogen) atoms. The van der Waals surface area contributed by atoms with Crippen molar-refractivity contribution in [1.82, 2.24) is 14.9 Å². The fraction of sp³-hybridized carbons (Fsp3) is 0.450. The van der Waals surface area contributed by atoms with Gasteiger partial charge in [-0.05, 0) is 41.4 Å². The van der Waals surface area contributed by atoms with E-state index in [4.69, 9.17) is 4.74 Å². The van der Waals surface area contributed by atoms with Gasteiger partial charge in [-0.25, -0.2) is 13.4 Å². The Morgan fingerprint density at radius 2 is 2.10 bits per heavy atom. The predicted octanol–water partition coefficient (Wildman–Crippen LogP) is 4.99. The van der Waals surface area contributed by atoms with Crippen LogP contribution in [0.1, 0.15) is 24.8 Å². The molecule has 0 spiro atoms. The number of benzene rings is 1. The van der Waals surface area contributed by atoms with Crippen molar-refractivity contribution >= 4 is 39.4 Å². The largest absolute Gasteiger partial charge is 0.439 e. The maximum Gasteiger partial charge on any atom is 0.439 e. The van der Waals surface area contributed by atoms with E-state index < -0.39 is 33.7 Å². The van der Waals surface area contributed by atoms with Gasteiger partial charge in [-0.15, -0.1) is 0 Å². The average Bonchev–Trinajstić information content (AvgIpc) is 3.20. The molecular weight excluding hydrogens is 487 g/mol. The van der Waals surface area contributed by atoms with Crippen LogP contribution in [0.4, 0.5) is 27.8 Å². The molecule has 2 saturated heterocycles. The molecule has 0 saturated carbocycles. The minimum absolute atomic E-state index is 0.0553. The first kappa shape index (κ1) is 22.1. The van der Waals surface area contributed by atoms with Gasteiger partial charge in [-0.2, -0.15) is 18.2 Å². The molecule has 0 N–H and O–H groups in total. The molecule has 0 unspecified atom stereocenters. The molecule has 2 aliphatic heterocycles. The van der Waals surface area contributed by atoms with Gasteiger partial charge in [0.1, 0.15) is 17.4 Å². The minimum Gasteiger partial charge on any atom is -0.408 e. The Labute approximate surface area is 183 Å². The van der Waals surface area contributed by atoms with Gasteiger partial charge in [0, 0.05) is 17.9 Å². The second-order valence-electron chi connectivity index (χ2n) is 7.88. The number of ether oxygens (including phenoxy) is 1. The van der Waals surface area contributed by atoms with Crippen molar-refractivity contribution in [2.75, 3.05) is 20.1 Å². The Morgan fingerprint density at radius 1 is 1.39 bits per heavy atom. The fourth-order valence-electron chi connectivity index (χ4n) is 4.45. The number of aromatic nitrogens is 2. The second-order valence-corrected chi connectivity index (χ2v) is 8.67. The van der Waals surface area contributed by atoms with Gasteiger partial charge >= 0.3 is 18.0 Å². The number of fused-ring (bicyclic) bond motifs is 2. The summed E-state index contributed by atoms with van der Waals surface area (Å²) in [5.74, 6) is -1.02. The zero-order chi connectivity index (χ0) is 22.7. The van der Waals surface area contributed by atoms with Crippen molar-refractivity contribution in [2.24, 2.45) is 0 Å². The van der Waals surface area contributed by atoms with Crippen LogP contribution in [0.5, 0.6) is 6.01 Å². The van der Waals surface area contributed by atoms with Gasteiger partial charge in [0.15, 0.2) is 5.82 Å². The molecule has 166 valence electrons. The van der Waals surface area contributed by atoms with Crippen LogP contribution in [0.25, 0.3) is 10.9 Å². The average molecular weight is 506 g/mol. The Hall–Kier alpha value is -2.14. The summed E-state index contributed by atoms with van der Waals surface area (Å²) in [4.78, 5) is 10.1. The summed E-state index contributed by atoms with van der Waals surface area (Å²) in [6.07, 6.45) is -4.09. The van der Waals surface area contributed by atoms with Gasteiger partial charge in [0.05, 0.1) is 34.7 Å². The van der Waals surface area contributed by atoms with Crippen molar-refractivity contribution in [3.05, 3.63) is 34.3 Å². The van der Waals surface area contributed by atoms with Crippen LogP contribution >= 0.6 is 15.9 Å². The molecule has 5 nitrogen and oxygen atoms in total. The lowest BCUT2D eigenvalue weighted by atomic mass is 9.92. The third-order valence-corrected chi connectivity index (χ3v) is 6.61. The molecule has 3 heterocycles. The van der Waals surface area contributed by atoms with Gasteiger partial charge < -0.3 is 4.74 Å². The van der Waals surface area contributed by atoms with E-state index in [9.17, 15) is 22.0 Å². The Morgan fingerprint density at radius 3 is 2.74 bits per heavy atom. The third-order valence-electron chi connectivity index (χ3n) is 5.83. The number of hydrogen-bond acceptors (Lipinski definition) is 4. The van der Waals surface area contributed by atoms with E-state index in [-0.39, 0.29) is 41.5 Å². The quantitative estimate of drug-likeness (QED) is 0.254. The van der Waals surface area contributed by atoms with Gasteiger partial charge in [-0.1, -0.05) is 6.58 Å². The summed E-state index contributed by atoms with van der Waals surface area (Å²) in [6.45, 7) is 8.58. The lowest BCUT2D eigenvalue weighted by molar-refractivity contribution is -0.397. The molecule has 11 heteroatoms. The van der Waals surface area contributed by atoms with Crippen LogP contribution in [-0.4, -0.2) is 58.0 Å². The van der Waals surface area contributed by atoms with Crippen molar-refractivity contribution in [3.63, 3.8) is 0 Å². The minimum atomic E-state index is -4.79. The number of rotatable bonds is 4. The zero-order valence-corrected chi connectivity index (χ0v) is 18.2. The van der Waals surface area contributed by atoms with E-state index in [1.54, 1.807) is 0 Å². The van der Waals surface area contributed by atoms with Gasteiger partial charge in [0.25, 0.3) is 0 Å². The van der Waals surface area contributed by atoms with Crippen LogP contribution in [0.15, 0.2) is 22.9 Å². The van der Waals surface area contributed by atoms with E-state index in [2.05, 4.69) is 39.2 Å². The molecule has 2 aromatic rings. The summed E-state index contributed by atoms with van der Waals surface area (Å²) < 4.78 is 75.2. The first-order valence-electron chi connectivity index (χ1n) is 9.51. The van der Waals surface area contributed by atoms with E-state index in [0.29, 0.717) is 13.0 Å². The number of halogens is 6. The maximum atomic E-state index is 14.9. The fourth-order valence-corrected chi connectivity index (χ4v) is 4.97. The van der Waals surface area contributed by atoms with Crippen molar-refractivity contribution < 1.29 is 31.3 Å². The van der Waals surface area contributed by atoms with E-state index >= 15 is 0 Å². The van der Waals surface area contributed by atoms with Crippen LogP contribution < -0.4 is 4.74 Å². The normalized spacial score (nSPS) is 23.9. The van der Waals surface area contributed by atoms with Crippen LogP contribution in [0.3, 0.4) is 0 Å². The summed E-state index contributed by atoms with van der Waals surface area (Å²) in [6, 6.07) is 0.470. The molecule has 0 bridgehead atoms. The van der Waals surface area contributed by atoms with E-state index in [1.807, 2.05) is 4.90 Å². The number of nitrogens with zero attached hydrogens (tertiary/aromatic N) is 4. The molecule has 0 amide bonds. The molecule has 0 aliphatic carbocycles. The Balaban J connectivity index is 1.80. The second kappa shape index (κ2) is 7.47. The van der Waals surface area contributed by atoms with Gasteiger partial charge in [0.2, 0.25) is 0 Å². The molecular formula is C20H19BrF5N4O+. The lowest BCUT2D eigenvalue weighted by Gasteiger charge is -2.31. The van der Waals surface area contributed by atoms with Crippen LogP contribution in [-0.2, 0) is 6.18 Å². The first-order chi connectivity index (χ1) is 14.4. The van der Waals surface area contributed by atoms with E-state index in [0.717, 1.165) is 12.5 Å². The summed E-state index contributed by atoms with van der Waals surface area (Å²) in [5, 5.41) is -0.172. The molecule has 1 aromatic heterocycles. The molecule has 4 rings (SSSR count). The highest BCUT2D eigenvalue weighted by molar-refractivity contribution is 9.10. The number of alkyl halides is 4. The Bertz CT molecular complexity index is 1110. The highest BCUT2D eigenvalue weighted by atomic mass is 79.9. The molecule has 0 radical (unpaired) electrons. The number of hydrogen-bond donors (Lipinski definition) is 0. The van der Waals surface area contributed by atoms with Crippen molar-refractivity contribution in [1.29, 1.82) is 0 Å². The lowest BCUT2D eigenvalue weighted by Crippen LogP contribution is -2.41.